The highest BCUT2D eigenvalue weighted by Gasteiger charge is 2.18. The zero-order chi connectivity index (χ0) is 16.8. The molecular weight excluding hydrogens is 316 g/mol. The van der Waals surface area contributed by atoms with Crippen LogP contribution >= 0.6 is 11.8 Å². The monoisotopic (exact) mass is 332 g/mol. The van der Waals surface area contributed by atoms with Gasteiger partial charge in [0, 0.05) is 9.79 Å². The summed E-state index contributed by atoms with van der Waals surface area (Å²) in [7, 11) is 1.60. The molecule has 2 aromatic rings. The zero-order valence-electron chi connectivity index (χ0n) is 12.7. The maximum Gasteiger partial charge on any atom is 0.339 e. The Morgan fingerprint density at radius 3 is 2.26 bits per heavy atom. The van der Waals surface area contributed by atoms with Gasteiger partial charge in [0.1, 0.15) is 5.75 Å². The summed E-state index contributed by atoms with van der Waals surface area (Å²) in [4.78, 5) is 24.9. The number of esters is 1. The van der Waals surface area contributed by atoms with Crippen LogP contribution in [-0.4, -0.2) is 30.8 Å². The zero-order valence-corrected chi connectivity index (χ0v) is 13.6. The van der Waals surface area contributed by atoms with Gasteiger partial charge in [-0.05, 0) is 49.4 Å². The number of rotatable bonds is 6. The van der Waals surface area contributed by atoms with E-state index < -0.39 is 11.9 Å². The van der Waals surface area contributed by atoms with E-state index in [9.17, 15) is 14.7 Å². The Balaban J connectivity index is 2.30. The van der Waals surface area contributed by atoms with Gasteiger partial charge >= 0.3 is 11.9 Å². The highest BCUT2D eigenvalue weighted by atomic mass is 32.2. The Labute approximate surface area is 138 Å². The molecule has 0 atom stereocenters. The standard InChI is InChI=1S/C17H16O5S/c1-3-22-17(20)15-10-13(8-9-14(15)16(18)19)23-12-6-4-11(21-2)5-7-12/h4-10H,3H2,1-2H3,(H,18,19). The molecule has 23 heavy (non-hydrogen) atoms. The molecular formula is C17H16O5S. The molecule has 0 aliphatic carbocycles. The van der Waals surface area contributed by atoms with Crippen molar-refractivity contribution in [3.8, 4) is 5.75 Å². The van der Waals surface area contributed by atoms with Gasteiger partial charge in [-0.25, -0.2) is 9.59 Å². The van der Waals surface area contributed by atoms with Crippen molar-refractivity contribution in [1.29, 1.82) is 0 Å². The lowest BCUT2D eigenvalue weighted by Gasteiger charge is -2.09. The number of carboxylic acids is 1. The Bertz CT molecular complexity index is 709. The molecule has 2 aromatic carbocycles. The van der Waals surface area contributed by atoms with Crippen LogP contribution in [0, 0.1) is 0 Å². The predicted molar refractivity (Wildman–Crippen MR) is 86.5 cm³/mol. The van der Waals surface area contributed by atoms with Gasteiger partial charge < -0.3 is 14.6 Å². The van der Waals surface area contributed by atoms with E-state index in [1.54, 1.807) is 20.1 Å². The number of carbonyl (C=O) groups is 2. The summed E-state index contributed by atoms with van der Waals surface area (Å²) in [5.41, 5.74) is -0.0135. The van der Waals surface area contributed by atoms with Crippen molar-refractivity contribution < 1.29 is 24.2 Å². The molecule has 0 spiro atoms. The van der Waals surface area contributed by atoms with Gasteiger partial charge in [0.05, 0.1) is 24.8 Å². The molecule has 0 bridgehead atoms. The number of aromatic carboxylic acids is 1. The fourth-order valence-electron chi connectivity index (χ4n) is 1.93. The summed E-state index contributed by atoms with van der Waals surface area (Å²) < 4.78 is 10.0. The van der Waals surface area contributed by atoms with Crippen molar-refractivity contribution >= 4 is 23.7 Å². The molecule has 0 aliphatic heterocycles. The molecule has 1 N–H and O–H groups in total. The summed E-state index contributed by atoms with van der Waals surface area (Å²) in [5, 5.41) is 9.19. The minimum Gasteiger partial charge on any atom is -0.497 e. The second kappa shape index (κ2) is 7.69. The van der Waals surface area contributed by atoms with Crippen LogP contribution in [0.2, 0.25) is 0 Å². The Hall–Kier alpha value is -2.47. The van der Waals surface area contributed by atoms with Crippen molar-refractivity contribution in [3.63, 3.8) is 0 Å². The summed E-state index contributed by atoms with van der Waals surface area (Å²) in [5.74, 6) is -1.04. The molecule has 0 aromatic heterocycles. The molecule has 5 nitrogen and oxygen atoms in total. The van der Waals surface area contributed by atoms with Gasteiger partial charge in [-0.2, -0.15) is 0 Å². The van der Waals surface area contributed by atoms with Crippen LogP contribution < -0.4 is 4.74 Å². The summed E-state index contributed by atoms with van der Waals surface area (Å²) in [6, 6.07) is 12.1. The second-order valence-electron chi connectivity index (χ2n) is 4.51. The number of hydrogen-bond acceptors (Lipinski definition) is 5. The first kappa shape index (κ1) is 16.9. The van der Waals surface area contributed by atoms with E-state index in [-0.39, 0.29) is 17.7 Å². The predicted octanol–water partition coefficient (Wildman–Crippen LogP) is 3.72. The van der Waals surface area contributed by atoms with E-state index in [4.69, 9.17) is 9.47 Å². The quantitative estimate of drug-likeness (QED) is 0.813. The number of hydrogen-bond donors (Lipinski definition) is 1. The van der Waals surface area contributed by atoms with Gasteiger partial charge in [0.2, 0.25) is 0 Å². The third-order valence-corrected chi connectivity index (χ3v) is 4.01. The van der Waals surface area contributed by atoms with Crippen LogP contribution in [-0.2, 0) is 4.74 Å². The molecule has 0 saturated heterocycles. The van der Waals surface area contributed by atoms with Crippen molar-refractivity contribution in [2.75, 3.05) is 13.7 Å². The van der Waals surface area contributed by atoms with E-state index in [0.717, 1.165) is 15.5 Å². The molecule has 0 amide bonds. The maximum atomic E-state index is 11.9. The van der Waals surface area contributed by atoms with E-state index in [2.05, 4.69) is 0 Å². The minimum atomic E-state index is -1.16. The van der Waals surface area contributed by atoms with Crippen molar-refractivity contribution in [2.45, 2.75) is 16.7 Å². The molecule has 120 valence electrons. The van der Waals surface area contributed by atoms with E-state index >= 15 is 0 Å². The number of carbonyl (C=O) groups excluding carboxylic acids is 1. The number of benzene rings is 2. The Morgan fingerprint density at radius 2 is 1.70 bits per heavy atom. The average Bonchev–Trinajstić information content (AvgIpc) is 2.55. The molecule has 0 unspecified atom stereocenters. The second-order valence-corrected chi connectivity index (χ2v) is 5.66. The normalized spacial score (nSPS) is 10.2. The Morgan fingerprint density at radius 1 is 1.04 bits per heavy atom. The topological polar surface area (TPSA) is 72.8 Å². The molecule has 0 radical (unpaired) electrons. The molecule has 2 rings (SSSR count). The van der Waals surface area contributed by atoms with Crippen molar-refractivity contribution in [1.82, 2.24) is 0 Å². The van der Waals surface area contributed by atoms with Crippen molar-refractivity contribution in [2.24, 2.45) is 0 Å². The molecule has 6 heteroatoms. The minimum absolute atomic E-state index is 0.0536. The first-order valence-electron chi connectivity index (χ1n) is 6.91. The van der Waals surface area contributed by atoms with Gasteiger partial charge in [0.15, 0.2) is 0 Å². The van der Waals surface area contributed by atoms with Gasteiger partial charge in [-0.3, -0.25) is 0 Å². The fraction of sp³-hybridized carbons (Fsp3) is 0.176. The van der Waals surface area contributed by atoms with Crippen molar-refractivity contribution in [3.05, 3.63) is 53.6 Å². The van der Waals surface area contributed by atoms with Crippen LogP contribution in [0.25, 0.3) is 0 Å². The molecule has 0 fully saturated rings. The fourth-order valence-corrected chi connectivity index (χ4v) is 2.79. The largest absolute Gasteiger partial charge is 0.497 e. The highest BCUT2D eigenvalue weighted by Crippen LogP contribution is 2.30. The van der Waals surface area contributed by atoms with Crippen LogP contribution in [0.5, 0.6) is 5.75 Å². The smallest absolute Gasteiger partial charge is 0.339 e. The van der Waals surface area contributed by atoms with Crippen LogP contribution in [0.1, 0.15) is 27.6 Å². The third-order valence-electron chi connectivity index (χ3n) is 3.01. The van der Waals surface area contributed by atoms with E-state index in [1.165, 1.54) is 23.9 Å². The van der Waals surface area contributed by atoms with Crippen LogP contribution in [0.3, 0.4) is 0 Å². The average molecular weight is 332 g/mol. The Kier molecular flexibility index (Phi) is 5.65. The van der Waals surface area contributed by atoms with Gasteiger partial charge in [0.25, 0.3) is 0 Å². The number of carboxylic acid groups (broad SMARTS) is 1. The van der Waals surface area contributed by atoms with Crippen LogP contribution in [0.15, 0.2) is 52.3 Å². The first-order chi connectivity index (χ1) is 11.0. The van der Waals surface area contributed by atoms with E-state index in [0.29, 0.717) is 0 Å². The summed E-state index contributed by atoms with van der Waals surface area (Å²) >= 11 is 1.42. The molecule has 0 saturated carbocycles. The molecule has 0 aliphatic rings. The molecule has 0 heterocycles. The number of ether oxygens (including phenoxy) is 2. The lowest BCUT2D eigenvalue weighted by Crippen LogP contribution is -2.11. The maximum absolute atomic E-state index is 11.9. The summed E-state index contributed by atoms with van der Waals surface area (Å²) in [6.45, 7) is 1.86. The lowest BCUT2D eigenvalue weighted by atomic mass is 10.1. The summed E-state index contributed by atoms with van der Waals surface area (Å²) in [6.07, 6.45) is 0. The van der Waals surface area contributed by atoms with E-state index in [1.807, 2.05) is 24.3 Å². The van der Waals surface area contributed by atoms with Gasteiger partial charge in [-0.15, -0.1) is 0 Å². The number of methoxy groups -OCH3 is 1. The SMILES string of the molecule is CCOC(=O)c1cc(Sc2ccc(OC)cc2)ccc1C(=O)O. The third kappa shape index (κ3) is 4.26. The lowest BCUT2D eigenvalue weighted by molar-refractivity contribution is 0.0514. The van der Waals surface area contributed by atoms with Crippen LogP contribution in [0.4, 0.5) is 0 Å². The van der Waals surface area contributed by atoms with Gasteiger partial charge in [-0.1, -0.05) is 11.8 Å². The first-order valence-corrected chi connectivity index (χ1v) is 7.73. The highest BCUT2D eigenvalue weighted by molar-refractivity contribution is 7.99.